The lowest BCUT2D eigenvalue weighted by Gasteiger charge is -2.11. The Balaban J connectivity index is 0.00000341. The average Bonchev–Trinajstić information content (AvgIpc) is 3.32. The Morgan fingerprint density at radius 1 is 1.13 bits per heavy atom. The van der Waals surface area contributed by atoms with Gasteiger partial charge in [-0.05, 0) is 39.2 Å². The molecule has 2 aromatic heterocycles. The van der Waals surface area contributed by atoms with E-state index in [2.05, 4.69) is 76.3 Å². The van der Waals surface area contributed by atoms with Crippen LogP contribution < -0.4 is 10.6 Å². The Morgan fingerprint density at radius 2 is 1.94 bits per heavy atom. The fraction of sp³-hybridized carbons (Fsp3) is 0.435. The lowest BCUT2D eigenvalue weighted by molar-refractivity contribution is 0.610. The number of aromatic nitrogens is 3. The molecule has 6 nitrogen and oxygen atoms in total. The van der Waals surface area contributed by atoms with Gasteiger partial charge in [-0.3, -0.25) is 0 Å². The van der Waals surface area contributed by atoms with Gasteiger partial charge in [-0.2, -0.15) is 0 Å². The highest BCUT2D eigenvalue weighted by atomic mass is 127. The Kier molecular flexibility index (Phi) is 11.0. The zero-order chi connectivity index (χ0) is 21.2. The molecule has 0 aliphatic rings. The summed E-state index contributed by atoms with van der Waals surface area (Å²) in [6.07, 6.45) is 6.96. The van der Waals surface area contributed by atoms with Crippen molar-refractivity contribution in [3.8, 4) is 0 Å². The van der Waals surface area contributed by atoms with Crippen molar-refractivity contribution < 1.29 is 0 Å². The summed E-state index contributed by atoms with van der Waals surface area (Å²) in [6, 6.07) is 10.6. The first-order valence-electron chi connectivity index (χ1n) is 10.6. The second-order valence-corrected chi connectivity index (χ2v) is 8.53. The van der Waals surface area contributed by atoms with Gasteiger partial charge in [0, 0.05) is 43.3 Å². The maximum Gasteiger partial charge on any atom is 0.191 e. The van der Waals surface area contributed by atoms with E-state index in [4.69, 9.17) is 4.99 Å². The second-order valence-electron chi connectivity index (χ2n) is 7.25. The highest BCUT2D eigenvalue weighted by molar-refractivity contribution is 14.0. The van der Waals surface area contributed by atoms with E-state index >= 15 is 0 Å². The number of benzene rings is 1. The van der Waals surface area contributed by atoms with Crippen LogP contribution in [-0.2, 0) is 25.9 Å². The number of hydrogen-bond acceptors (Lipinski definition) is 4. The first kappa shape index (κ1) is 25.3. The van der Waals surface area contributed by atoms with Crippen LogP contribution in [0.25, 0.3) is 0 Å². The third-order valence-electron chi connectivity index (χ3n) is 4.94. The van der Waals surface area contributed by atoms with E-state index in [1.54, 1.807) is 11.3 Å². The lowest BCUT2D eigenvalue weighted by atomic mass is 10.1. The number of hydrogen-bond donors (Lipinski definition) is 2. The molecule has 0 fully saturated rings. The van der Waals surface area contributed by atoms with Crippen LogP contribution in [0, 0.1) is 13.8 Å². The van der Waals surface area contributed by atoms with E-state index in [0.29, 0.717) is 6.54 Å². The van der Waals surface area contributed by atoms with Gasteiger partial charge in [0.15, 0.2) is 5.96 Å². The molecule has 0 unspecified atom stereocenters. The summed E-state index contributed by atoms with van der Waals surface area (Å²) in [6.45, 7) is 9.41. The molecule has 3 rings (SSSR count). The van der Waals surface area contributed by atoms with Gasteiger partial charge in [-0.1, -0.05) is 30.3 Å². The maximum absolute atomic E-state index is 4.73. The SMILES string of the molecule is CCNC(=NCc1nccn1CCCc1ccccc1)NCCc1nc(C)c(C)s1.I. The molecule has 8 heteroatoms. The first-order chi connectivity index (χ1) is 14.7. The van der Waals surface area contributed by atoms with E-state index in [0.717, 1.165) is 56.4 Å². The number of nitrogens with one attached hydrogen (secondary N) is 2. The summed E-state index contributed by atoms with van der Waals surface area (Å²) < 4.78 is 2.21. The van der Waals surface area contributed by atoms with Gasteiger partial charge in [-0.15, -0.1) is 35.3 Å². The standard InChI is InChI=1S/C23H32N6S.HI/c1-4-24-23(26-13-12-22-28-18(2)19(3)30-22)27-17-21-25-14-16-29(21)15-8-11-20-9-6-5-7-10-20;/h5-7,9-10,14,16H,4,8,11-13,15,17H2,1-3H3,(H2,24,26,27);1H. The van der Waals surface area contributed by atoms with Crippen molar-refractivity contribution in [3.05, 3.63) is 69.7 Å². The summed E-state index contributed by atoms with van der Waals surface area (Å²) in [4.78, 5) is 15.1. The van der Waals surface area contributed by atoms with Crippen LogP contribution in [0.4, 0.5) is 0 Å². The van der Waals surface area contributed by atoms with Gasteiger partial charge >= 0.3 is 0 Å². The van der Waals surface area contributed by atoms with Crippen LogP contribution in [0.1, 0.15) is 40.3 Å². The highest BCUT2D eigenvalue weighted by Gasteiger charge is 2.06. The number of rotatable bonds is 10. The third-order valence-corrected chi connectivity index (χ3v) is 6.07. The topological polar surface area (TPSA) is 67.1 Å². The summed E-state index contributed by atoms with van der Waals surface area (Å²) >= 11 is 1.77. The Labute approximate surface area is 206 Å². The van der Waals surface area contributed by atoms with Crippen molar-refractivity contribution in [1.29, 1.82) is 0 Å². The molecule has 0 radical (unpaired) electrons. The summed E-state index contributed by atoms with van der Waals surface area (Å²) in [5, 5.41) is 7.90. The van der Waals surface area contributed by atoms with Crippen molar-refractivity contribution in [2.45, 2.75) is 53.1 Å². The predicted molar refractivity (Wildman–Crippen MR) is 141 cm³/mol. The summed E-state index contributed by atoms with van der Waals surface area (Å²) in [5.41, 5.74) is 2.51. The van der Waals surface area contributed by atoms with Crippen molar-refractivity contribution in [1.82, 2.24) is 25.2 Å². The molecule has 0 amide bonds. The molecule has 0 atom stereocenters. The summed E-state index contributed by atoms with van der Waals surface area (Å²) in [5.74, 6) is 1.81. The zero-order valence-electron chi connectivity index (χ0n) is 18.6. The molecular formula is C23H33IN6S. The molecular weight excluding hydrogens is 519 g/mol. The monoisotopic (exact) mass is 552 g/mol. The number of imidazole rings is 1. The van der Waals surface area contributed by atoms with Crippen LogP contribution in [0.15, 0.2) is 47.7 Å². The van der Waals surface area contributed by atoms with Gasteiger partial charge in [-0.25, -0.2) is 15.0 Å². The van der Waals surface area contributed by atoms with Crippen molar-refractivity contribution >= 4 is 41.3 Å². The van der Waals surface area contributed by atoms with E-state index in [1.165, 1.54) is 15.4 Å². The largest absolute Gasteiger partial charge is 0.357 e. The molecule has 0 aliphatic carbocycles. The fourth-order valence-corrected chi connectivity index (χ4v) is 4.15. The quantitative estimate of drug-likeness (QED) is 0.221. The minimum atomic E-state index is 0. The van der Waals surface area contributed by atoms with Gasteiger partial charge in [0.2, 0.25) is 0 Å². The Bertz CT molecular complexity index is 915. The molecule has 0 bridgehead atoms. The second kappa shape index (κ2) is 13.5. The number of aryl methyl sites for hydroxylation is 4. The summed E-state index contributed by atoms with van der Waals surface area (Å²) in [7, 11) is 0. The number of thiazole rings is 1. The molecule has 2 N–H and O–H groups in total. The number of aliphatic imine (C=N–C) groups is 1. The molecule has 0 saturated heterocycles. The maximum atomic E-state index is 4.73. The minimum Gasteiger partial charge on any atom is -0.357 e. The molecule has 1 aromatic carbocycles. The minimum absolute atomic E-state index is 0. The van der Waals surface area contributed by atoms with Crippen LogP contribution in [0.5, 0.6) is 0 Å². The van der Waals surface area contributed by atoms with E-state index in [1.807, 2.05) is 12.4 Å². The normalized spacial score (nSPS) is 11.3. The van der Waals surface area contributed by atoms with Gasteiger partial charge in [0.25, 0.3) is 0 Å². The first-order valence-corrected chi connectivity index (χ1v) is 11.5. The number of halogens is 1. The van der Waals surface area contributed by atoms with Gasteiger partial charge in [0.05, 0.1) is 10.7 Å². The molecule has 2 heterocycles. The third kappa shape index (κ3) is 8.25. The highest BCUT2D eigenvalue weighted by Crippen LogP contribution is 2.16. The van der Waals surface area contributed by atoms with E-state index in [9.17, 15) is 0 Å². The van der Waals surface area contributed by atoms with Gasteiger partial charge < -0.3 is 15.2 Å². The van der Waals surface area contributed by atoms with Crippen LogP contribution in [-0.4, -0.2) is 33.6 Å². The van der Waals surface area contributed by atoms with Crippen LogP contribution in [0.2, 0.25) is 0 Å². The smallest absolute Gasteiger partial charge is 0.191 e. The van der Waals surface area contributed by atoms with E-state index < -0.39 is 0 Å². The average molecular weight is 553 g/mol. The molecule has 0 spiro atoms. The molecule has 0 saturated carbocycles. The number of guanidine groups is 1. The number of nitrogens with zero attached hydrogens (tertiary/aromatic N) is 4. The predicted octanol–water partition coefficient (Wildman–Crippen LogP) is 4.51. The Hall–Kier alpha value is -1.94. The van der Waals surface area contributed by atoms with Crippen LogP contribution in [0.3, 0.4) is 0 Å². The fourth-order valence-electron chi connectivity index (χ4n) is 3.22. The molecule has 168 valence electrons. The lowest BCUT2D eigenvalue weighted by Crippen LogP contribution is -2.38. The van der Waals surface area contributed by atoms with Crippen LogP contribution >= 0.6 is 35.3 Å². The van der Waals surface area contributed by atoms with Crippen molar-refractivity contribution in [2.24, 2.45) is 4.99 Å². The molecule has 3 aromatic rings. The zero-order valence-corrected chi connectivity index (χ0v) is 21.7. The Morgan fingerprint density at radius 3 is 2.65 bits per heavy atom. The van der Waals surface area contributed by atoms with Crippen molar-refractivity contribution in [2.75, 3.05) is 13.1 Å². The van der Waals surface area contributed by atoms with Gasteiger partial charge in [0.1, 0.15) is 12.4 Å². The van der Waals surface area contributed by atoms with E-state index in [-0.39, 0.29) is 24.0 Å². The van der Waals surface area contributed by atoms with Crippen molar-refractivity contribution in [3.63, 3.8) is 0 Å². The molecule has 0 aliphatic heterocycles. The molecule has 31 heavy (non-hydrogen) atoms.